The average molecular weight is 245 g/mol. The van der Waals surface area contributed by atoms with Crippen molar-refractivity contribution in [1.82, 2.24) is 0 Å². The molecule has 0 bridgehead atoms. The summed E-state index contributed by atoms with van der Waals surface area (Å²) in [7, 11) is 0. The number of nitriles is 1. The molecule has 17 heavy (non-hydrogen) atoms. The molecule has 0 amide bonds. The number of hydrogen-bond acceptors (Lipinski definition) is 3. The molecule has 7 heteroatoms. The fourth-order valence-corrected chi connectivity index (χ4v) is 1.32. The molecule has 0 unspecified atom stereocenters. The number of aryl methyl sites for hydroxylation is 1. The maximum absolute atomic E-state index is 11.9. The number of hydrogen-bond donors (Lipinski definition) is 1. The van der Waals surface area contributed by atoms with Crippen LogP contribution in [0, 0.1) is 18.3 Å². The number of carboxylic acid groups (broad SMARTS) is 1. The number of ether oxygens (including phenoxy) is 1. The minimum Gasteiger partial charge on any atom is -0.478 e. The Morgan fingerprint density at radius 3 is 2.47 bits per heavy atom. The number of alkyl halides is 3. The van der Waals surface area contributed by atoms with Gasteiger partial charge in [0.1, 0.15) is 11.8 Å². The molecule has 0 heterocycles. The van der Waals surface area contributed by atoms with E-state index >= 15 is 0 Å². The number of carboxylic acids is 1. The fourth-order valence-electron chi connectivity index (χ4n) is 1.32. The van der Waals surface area contributed by atoms with Crippen LogP contribution >= 0.6 is 0 Å². The SMILES string of the molecule is Cc1cc(OC(F)(F)F)cc(C#N)c1C(=O)O. The fraction of sp³-hybridized carbons (Fsp3) is 0.200. The van der Waals surface area contributed by atoms with Gasteiger partial charge >= 0.3 is 12.3 Å². The second-order valence-corrected chi connectivity index (χ2v) is 3.13. The third-order valence-corrected chi connectivity index (χ3v) is 1.88. The van der Waals surface area contributed by atoms with Crippen molar-refractivity contribution >= 4 is 5.97 Å². The van der Waals surface area contributed by atoms with Crippen LogP contribution in [-0.2, 0) is 0 Å². The summed E-state index contributed by atoms with van der Waals surface area (Å²) in [6.45, 7) is 1.29. The Hall–Kier alpha value is -2.23. The summed E-state index contributed by atoms with van der Waals surface area (Å²) >= 11 is 0. The minimum atomic E-state index is -4.89. The number of nitrogens with zero attached hydrogens (tertiary/aromatic N) is 1. The largest absolute Gasteiger partial charge is 0.573 e. The molecule has 0 fully saturated rings. The molecule has 0 atom stereocenters. The first kappa shape index (κ1) is 12.8. The monoisotopic (exact) mass is 245 g/mol. The number of carbonyl (C=O) groups is 1. The third-order valence-electron chi connectivity index (χ3n) is 1.88. The van der Waals surface area contributed by atoms with E-state index in [0.29, 0.717) is 0 Å². The third kappa shape index (κ3) is 3.11. The molecule has 0 radical (unpaired) electrons. The molecular weight excluding hydrogens is 239 g/mol. The van der Waals surface area contributed by atoms with E-state index in [1.165, 1.54) is 13.0 Å². The Bertz CT molecular complexity index is 503. The van der Waals surface area contributed by atoms with Crippen LogP contribution in [-0.4, -0.2) is 17.4 Å². The Labute approximate surface area is 93.8 Å². The van der Waals surface area contributed by atoms with Gasteiger partial charge in [-0.15, -0.1) is 13.2 Å². The lowest BCUT2D eigenvalue weighted by Gasteiger charge is -2.11. The molecule has 1 aromatic carbocycles. The van der Waals surface area contributed by atoms with Gasteiger partial charge in [-0.1, -0.05) is 0 Å². The summed E-state index contributed by atoms with van der Waals surface area (Å²) in [6, 6.07) is 3.17. The van der Waals surface area contributed by atoms with E-state index in [9.17, 15) is 18.0 Å². The number of aromatic carboxylic acids is 1. The summed E-state index contributed by atoms with van der Waals surface area (Å²) < 4.78 is 39.5. The maximum Gasteiger partial charge on any atom is 0.573 e. The highest BCUT2D eigenvalue weighted by atomic mass is 19.4. The molecule has 0 aromatic heterocycles. The summed E-state index contributed by atoms with van der Waals surface area (Å²) in [6.07, 6.45) is -4.89. The van der Waals surface area contributed by atoms with E-state index in [4.69, 9.17) is 10.4 Å². The zero-order chi connectivity index (χ0) is 13.2. The molecule has 1 rings (SSSR count). The topological polar surface area (TPSA) is 70.3 Å². The quantitative estimate of drug-likeness (QED) is 0.868. The van der Waals surface area contributed by atoms with E-state index in [2.05, 4.69) is 4.74 Å². The Morgan fingerprint density at radius 1 is 1.47 bits per heavy atom. The highest BCUT2D eigenvalue weighted by molar-refractivity contribution is 5.92. The summed E-state index contributed by atoms with van der Waals surface area (Å²) in [5.41, 5.74) is -0.686. The number of benzene rings is 1. The van der Waals surface area contributed by atoms with Crippen molar-refractivity contribution in [3.05, 3.63) is 28.8 Å². The summed E-state index contributed by atoms with van der Waals surface area (Å²) in [4.78, 5) is 10.8. The first-order chi connectivity index (χ1) is 7.74. The molecule has 1 aromatic rings. The van der Waals surface area contributed by atoms with Gasteiger partial charge in [0.15, 0.2) is 0 Å². The molecule has 90 valence electrons. The van der Waals surface area contributed by atoms with Crippen LogP contribution in [0.15, 0.2) is 12.1 Å². The van der Waals surface area contributed by atoms with Gasteiger partial charge in [0, 0.05) is 0 Å². The number of rotatable bonds is 2. The van der Waals surface area contributed by atoms with Gasteiger partial charge in [-0.2, -0.15) is 5.26 Å². The lowest BCUT2D eigenvalue weighted by atomic mass is 10.0. The molecule has 4 nitrogen and oxygen atoms in total. The molecule has 0 aliphatic carbocycles. The molecule has 0 saturated heterocycles. The van der Waals surface area contributed by atoms with E-state index in [1.807, 2.05) is 0 Å². The lowest BCUT2D eigenvalue weighted by Crippen LogP contribution is -2.17. The van der Waals surface area contributed by atoms with Crippen molar-refractivity contribution < 1.29 is 27.8 Å². The lowest BCUT2D eigenvalue weighted by molar-refractivity contribution is -0.274. The van der Waals surface area contributed by atoms with Gasteiger partial charge in [0.25, 0.3) is 0 Å². The summed E-state index contributed by atoms with van der Waals surface area (Å²) in [5, 5.41) is 17.5. The predicted molar refractivity (Wildman–Crippen MR) is 49.5 cm³/mol. The van der Waals surface area contributed by atoms with Gasteiger partial charge in [0.2, 0.25) is 0 Å². The molecule has 0 spiro atoms. The molecule has 0 aliphatic rings. The van der Waals surface area contributed by atoms with Crippen LogP contribution < -0.4 is 4.74 Å². The van der Waals surface area contributed by atoms with Gasteiger partial charge in [-0.25, -0.2) is 4.79 Å². The van der Waals surface area contributed by atoms with Crippen LogP contribution in [0.25, 0.3) is 0 Å². The van der Waals surface area contributed by atoms with Crippen molar-refractivity contribution in [3.8, 4) is 11.8 Å². The highest BCUT2D eigenvalue weighted by Crippen LogP contribution is 2.27. The van der Waals surface area contributed by atoms with Crippen molar-refractivity contribution in [2.24, 2.45) is 0 Å². The second-order valence-electron chi connectivity index (χ2n) is 3.13. The smallest absolute Gasteiger partial charge is 0.478 e. The van der Waals surface area contributed by atoms with Gasteiger partial charge in [-0.3, -0.25) is 0 Å². The summed E-state index contributed by atoms with van der Waals surface area (Å²) in [5.74, 6) is -1.99. The normalized spacial score (nSPS) is 10.8. The van der Waals surface area contributed by atoms with Crippen molar-refractivity contribution in [3.63, 3.8) is 0 Å². The molecule has 0 aliphatic heterocycles. The van der Waals surface area contributed by atoms with Crippen molar-refractivity contribution in [2.45, 2.75) is 13.3 Å². The van der Waals surface area contributed by atoms with Crippen molar-refractivity contribution in [2.75, 3.05) is 0 Å². The zero-order valence-corrected chi connectivity index (χ0v) is 8.50. The number of halogens is 3. The Kier molecular flexibility index (Phi) is 3.27. The van der Waals surface area contributed by atoms with Crippen LogP contribution in [0.4, 0.5) is 13.2 Å². The van der Waals surface area contributed by atoms with Crippen LogP contribution in [0.3, 0.4) is 0 Å². The van der Waals surface area contributed by atoms with Gasteiger partial charge in [-0.05, 0) is 24.6 Å². The van der Waals surface area contributed by atoms with E-state index in [0.717, 1.165) is 12.1 Å². The first-order valence-corrected chi connectivity index (χ1v) is 4.28. The van der Waals surface area contributed by atoms with Gasteiger partial charge in [0.05, 0.1) is 11.1 Å². The van der Waals surface area contributed by atoms with Crippen LogP contribution in [0.2, 0.25) is 0 Å². The molecular formula is C10H6F3NO3. The van der Waals surface area contributed by atoms with Crippen molar-refractivity contribution in [1.29, 1.82) is 5.26 Å². The highest BCUT2D eigenvalue weighted by Gasteiger charge is 2.31. The standard InChI is InChI=1S/C10H6F3NO3/c1-5-2-7(17-10(11,12)13)3-6(4-14)8(5)9(15)16/h2-3H,1H3,(H,15,16). The second kappa shape index (κ2) is 4.33. The van der Waals surface area contributed by atoms with E-state index in [-0.39, 0.29) is 16.7 Å². The molecule has 0 saturated carbocycles. The first-order valence-electron chi connectivity index (χ1n) is 4.28. The minimum absolute atomic E-state index is 0.0239. The van der Waals surface area contributed by atoms with Crippen LogP contribution in [0.5, 0.6) is 5.75 Å². The zero-order valence-electron chi connectivity index (χ0n) is 8.50. The predicted octanol–water partition coefficient (Wildman–Crippen LogP) is 2.46. The molecule has 1 N–H and O–H groups in total. The van der Waals surface area contributed by atoms with E-state index < -0.39 is 18.1 Å². The van der Waals surface area contributed by atoms with Crippen LogP contribution in [0.1, 0.15) is 21.5 Å². The van der Waals surface area contributed by atoms with Gasteiger partial charge < -0.3 is 9.84 Å². The maximum atomic E-state index is 11.9. The Balaban J connectivity index is 3.29. The van der Waals surface area contributed by atoms with E-state index in [1.54, 1.807) is 0 Å². The average Bonchev–Trinajstić information content (AvgIpc) is 2.12. The Morgan fingerprint density at radius 2 is 2.06 bits per heavy atom.